The lowest BCUT2D eigenvalue weighted by Gasteiger charge is -2.11. The zero-order valence-corrected chi connectivity index (χ0v) is 14.7. The number of carbonyl (C=O) groups is 1. The molecule has 1 aromatic heterocycles. The Morgan fingerprint density at radius 1 is 1.00 bits per heavy atom. The van der Waals surface area contributed by atoms with E-state index >= 15 is 0 Å². The summed E-state index contributed by atoms with van der Waals surface area (Å²) in [5.74, 6) is 0.711. The Labute approximate surface area is 156 Å². The quantitative estimate of drug-likeness (QED) is 0.585. The number of carbonyl (C=O) groups excluding carboxylic acids is 1. The summed E-state index contributed by atoms with van der Waals surface area (Å²) < 4.78 is 5.88. The summed E-state index contributed by atoms with van der Waals surface area (Å²) in [5, 5.41) is 9.95. The zero-order chi connectivity index (χ0) is 18.8. The molecule has 0 spiro atoms. The van der Waals surface area contributed by atoms with Crippen molar-refractivity contribution in [2.24, 2.45) is 5.73 Å². The molecule has 0 radical (unpaired) electrons. The molecule has 0 bridgehead atoms. The van der Waals surface area contributed by atoms with Crippen molar-refractivity contribution >= 4 is 16.7 Å². The number of amides is 1. The summed E-state index contributed by atoms with van der Waals surface area (Å²) in [6.07, 6.45) is 1.70. The first-order chi connectivity index (χ1) is 13.1. The summed E-state index contributed by atoms with van der Waals surface area (Å²) in [5.41, 5.74) is 8.89. The number of nitrogens with zero attached hydrogens (tertiary/aromatic N) is 2. The van der Waals surface area contributed by atoms with Gasteiger partial charge in [-0.3, -0.25) is 4.79 Å². The molecule has 0 fully saturated rings. The van der Waals surface area contributed by atoms with E-state index < -0.39 is 5.91 Å². The molecule has 4 rings (SSSR count). The van der Waals surface area contributed by atoms with Crippen LogP contribution in [0.1, 0.15) is 15.9 Å². The average Bonchev–Trinajstić information content (AvgIpc) is 2.69. The molecular weight excluding hydrogens is 338 g/mol. The highest BCUT2D eigenvalue weighted by molar-refractivity contribution is 5.95. The van der Waals surface area contributed by atoms with Crippen molar-refractivity contribution in [2.75, 3.05) is 0 Å². The van der Waals surface area contributed by atoms with Gasteiger partial charge in [0.05, 0.1) is 6.20 Å². The van der Waals surface area contributed by atoms with Crippen LogP contribution in [0, 0.1) is 6.92 Å². The van der Waals surface area contributed by atoms with Gasteiger partial charge in [0.15, 0.2) is 0 Å². The van der Waals surface area contributed by atoms with E-state index in [4.69, 9.17) is 10.5 Å². The smallest absolute Gasteiger partial charge is 0.248 e. The zero-order valence-electron chi connectivity index (χ0n) is 14.7. The predicted molar refractivity (Wildman–Crippen MR) is 105 cm³/mol. The molecule has 0 aliphatic heterocycles. The van der Waals surface area contributed by atoms with Crippen LogP contribution in [0.2, 0.25) is 0 Å². The summed E-state index contributed by atoms with van der Waals surface area (Å²) in [4.78, 5) is 11.5. The normalized spacial score (nSPS) is 10.7. The standard InChI is InChI=1S/C22H17N3O2/c1-14-7-8-16(21(23)26)12-20(14)15-9-10-19-17(11-15)13-24-25-22(19)27-18-5-3-2-4-6-18/h2-13H,1H3,(H2,23,26). The van der Waals surface area contributed by atoms with Crippen molar-refractivity contribution in [3.05, 3.63) is 84.1 Å². The van der Waals surface area contributed by atoms with Crippen molar-refractivity contribution in [3.63, 3.8) is 0 Å². The molecule has 0 aliphatic carbocycles. The van der Waals surface area contributed by atoms with Crippen LogP contribution in [-0.4, -0.2) is 16.1 Å². The van der Waals surface area contributed by atoms with Crippen molar-refractivity contribution in [1.29, 1.82) is 0 Å². The second-order valence-electron chi connectivity index (χ2n) is 6.26. The first kappa shape index (κ1) is 16.7. The maximum absolute atomic E-state index is 11.5. The number of primary amides is 1. The van der Waals surface area contributed by atoms with Crippen molar-refractivity contribution in [2.45, 2.75) is 6.92 Å². The third-order valence-corrected chi connectivity index (χ3v) is 4.42. The minimum atomic E-state index is -0.443. The molecule has 132 valence electrons. The van der Waals surface area contributed by atoms with Crippen molar-refractivity contribution in [1.82, 2.24) is 10.2 Å². The molecule has 4 aromatic rings. The van der Waals surface area contributed by atoms with Gasteiger partial charge in [-0.05, 0) is 60.0 Å². The molecule has 27 heavy (non-hydrogen) atoms. The fraction of sp³-hybridized carbons (Fsp3) is 0.0455. The van der Waals surface area contributed by atoms with Crippen LogP contribution in [0.15, 0.2) is 72.9 Å². The summed E-state index contributed by atoms with van der Waals surface area (Å²) in [7, 11) is 0. The third-order valence-electron chi connectivity index (χ3n) is 4.42. The minimum Gasteiger partial charge on any atom is -0.437 e. The number of para-hydroxylation sites is 1. The Morgan fingerprint density at radius 2 is 1.81 bits per heavy atom. The van der Waals surface area contributed by atoms with Gasteiger partial charge in [-0.25, -0.2) is 0 Å². The van der Waals surface area contributed by atoms with E-state index in [-0.39, 0.29) is 0 Å². The lowest BCUT2D eigenvalue weighted by Crippen LogP contribution is -2.10. The van der Waals surface area contributed by atoms with E-state index in [2.05, 4.69) is 10.2 Å². The van der Waals surface area contributed by atoms with Gasteiger partial charge < -0.3 is 10.5 Å². The number of fused-ring (bicyclic) bond motifs is 1. The van der Waals surface area contributed by atoms with Crippen LogP contribution in [0.4, 0.5) is 0 Å². The largest absolute Gasteiger partial charge is 0.437 e. The molecular formula is C22H17N3O2. The predicted octanol–water partition coefficient (Wildman–Crippen LogP) is 4.50. The first-order valence-electron chi connectivity index (χ1n) is 8.51. The van der Waals surface area contributed by atoms with Crippen LogP contribution >= 0.6 is 0 Å². The number of rotatable bonds is 4. The molecule has 0 aliphatic rings. The lowest BCUT2D eigenvalue weighted by atomic mass is 9.96. The molecule has 3 aromatic carbocycles. The number of nitrogens with two attached hydrogens (primary N) is 1. The molecule has 1 heterocycles. The molecule has 0 atom stereocenters. The van der Waals surface area contributed by atoms with E-state index in [1.807, 2.05) is 67.6 Å². The van der Waals surface area contributed by atoms with Gasteiger partial charge in [0.25, 0.3) is 0 Å². The molecule has 0 saturated heterocycles. The van der Waals surface area contributed by atoms with Crippen LogP contribution in [0.25, 0.3) is 21.9 Å². The second-order valence-corrected chi connectivity index (χ2v) is 6.26. The van der Waals surface area contributed by atoms with Crippen LogP contribution in [0.3, 0.4) is 0 Å². The second kappa shape index (κ2) is 6.88. The Balaban J connectivity index is 1.78. The average molecular weight is 355 g/mol. The van der Waals surface area contributed by atoms with Gasteiger partial charge in [0.2, 0.25) is 11.8 Å². The van der Waals surface area contributed by atoms with Gasteiger partial charge >= 0.3 is 0 Å². The highest BCUT2D eigenvalue weighted by atomic mass is 16.5. The van der Waals surface area contributed by atoms with Crippen LogP contribution in [-0.2, 0) is 0 Å². The Kier molecular flexibility index (Phi) is 4.26. The lowest BCUT2D eigenvalue weighted by molar-refractivity contribution is 0.100. The molecule has 0 saturated carbocycles. The van der Waals surface area contributed by atoms with Gasteiger partial charge in [0.1, 0.15) is 5.75 Å². The van der Waals surface area contributed by atoms with Gasteiger partial charge in [-0.1, -0.05) is 30.3 Å². The Morgan fingerprint density at radius 3 is 2.59 bits per heavy atom. The number of aryl methyl sites for hydroxylation is 1. The summed E-state index contributed by atoms with van der Waals surface area (Å²) in [6, 6.07) is 20.9. The molecule has 2 N–H and O–H groups in total. The fourth-order valence-corrected chi connectivity index (χ4v) is 2.99. The number of ether oxygens (including phenoxy) is 1. The first-order valence-corrected chi connectivity index (χ1v) is 8.51. The Bertz CT molecular complexity index is 1140. The number of benzene rings is 3. The summed E-state index contributed by atoms with van der Waals surface area (Å²) in [6.45, 7) is 2.00. The highest BCUT2D eigenvalue weighted by Gasteiger charge is 2.10. The van der Waals surface area contributed by atoms with Crippen LogP contribution < -0.4 is 10.5 Å². The van der Waals surface area contributed by atoms with Gasteiger partial charge in [-0.2, -0.15) is 5.10 Å². The van der Waals surface area contributed by atoms with Gasteiger partial charge in [0, 0.05) is 16.3 Å². The van der Waals surface area contributed by atoms with Gasteiger partial charge in [-0.15, -0.1) is 5.10 Å². The Hall–Kier alpha value is -3.73. The maximum atomic E-state index is 11.5. The maximum Gasteiger partial charge on any atom is 0.248 e. The SMILES string of the molecule is Cc1ccc(C(N)=O)cc1-c1ccc2c(Oc3ccccc3)nncc2c1. The van der Waals surface area contributed by atoms with E-state index in [9.17, 15) is 4.79 Å². The fourth-order valence-electron chi connectivity index (χ4n) is 2.99. The highest BCUT2D eigenvalue weighted by Crippen LogP contribution is 2.32. The summed E-state index contributed by atoms with van der Waals surface area (Å²) >= 11 is 0. The van der Waals surface area contributed by atoms with E-state index in [1.165, 1.54) is 0 Å². The molecule has 1 amide bonds. The molecule has 5 nitrogen and oxygen atoms in total. The van der Waals surface area contributed by atoms with Crippen LogP contribution in [0.5, 0.6) is 11.6 Å². The monoisotopic (exact) mass is 355 g/mol. The third kappa shape index (κ3) is 3.35. The minimum absolute atomic E-state index is 0.443. The number of hydrogen-bond donors (Lipinski definition) is 1. The number of aromatic nitrogens is 2. The topological polar surface area (TPSA) is 78.1 Å². The number of hydrogen-bond acceptors (Lipinski definition) is 4. The molecule has 5 heteroatoms. The van der Waals surface area contributed by atoms with E-state index in [1.54, 1.807) is 12.3 Å². The van der Waals surface area contributed by atoms with E-state index in [0.717, 1.165) is 27.5 Å². The van der Waals surface area contributed by atoms with Crippen molar-refractivity contribution < 1.29 is 9.53 Å². The van der Waals surface area contributed by atoms with E-state index in [0.29, 0.717) is 17.2 Å². The van der Waals surface area contributed by atoms with Crippen molar-refractivity contribution in [3.8, 4) is 22.8 Å². The molecule has 0 unspecified atom stereocenters.